The van der Waals surface area contributed by atoms with Crippen molar-refractivity contribution in [2.24, 2.45) is 11.3 Å². The topological polar surface area (TPSA) is 77.0 Å². The van der Waals surface area contributed by atoms with Gasteiger partial charge in [-0.1, -0.05) is 45.0 Å². The van der Waals surface area contributed by atoms with Gasteiger partial charge in [0.1, 0.15) is 0 Å². The van der Waals surface area contributed by atoms with E-state index in [2.05, 4.69) is 26.1 Å². The van der Waals surface area contributed by atoms with E-state index in [0.717, 1.165) is 11.1 Å². The summed E-state index contributed by atoms with van der Waals surface area (Å²) in [5.41, 5.74) is 1.84. The van der Waals surface area contributed by atoms with Gasteiger partial charge in [-0.15, -0.1) is 0 Å². The molecule has 0 saturated carbocycles. The molecule has 1 aliphatic heterocycles. The Balaban J connectivity index is 2.01. The molecule has 1 amide bonds. The summed E-state index contributed by atoms with van der Waals surface area (Å²) in [5.74, 6) is 0.219. The number of ether oxygens (including phenoxy) is 3. The molecule has 2 atom stereocenters. The minimum Gasteiger partial charge on any atom is -0.459 e. The summed E-state index contributed by atoms with van der Waals surface area (Å²) in [6.07, 6.45) is 2.10. The third kappa shape index (κ3) is 6.65. The van der Waals surface area contributed by atoms with Crippen molar-refractivity contribution in [1.29, 1.82) is 0 Å². The van der Waals surface area contributed by atoms with Crippen LogP contribution >= 0.6 is 0 Å². The molecule has 0 spiro atoms. The minimum atomic E-state index is -0.486. The summed E-state index contributed by atoms with van der Waals surface area (Å²) in [4.78, 5) is 12.4. The lowest BCUT2D eigenvalue weighted by Crippen LogP contribution is -2.37. The predicted octanol–water partition coefficient (Wildman–Crippen LogP) is 2.75. The van der Waals surface area contributed by atoms with Gasteiger partial charge < -0.3 is 24.6 Å². The monoisotopic (exact) mass is 377 g/mol. The molecule has 2 N–H and O–H groups in total. The van der Waals surface area contributed by atoms with Crippen LogP contribution in [0.15, 0.2) is 36.1 Å². The molecule has 1 aromatic carbocycles. The van der Waals surface area contributed by atoms with Crippen LogP contribution in [0, 0.1) is 11.3 Å². The maximum atomic E-state index is 12.4. The first-order valence-corrected chi connectivity index (χ1v) is 9.29. The molecule has 1 aliphatic rings. The van der Waals surface area contributed by atoms with E-state index in [0.29, 0.717) is 31.9 Å². The second-order valence-corrected chi connectivity index (χ2v) is 7.82. The zero-order valence-corrected chi connectivity index (χ0v) is 16.7. The maximum absolute atomic E-state index is 12.4. The first kappa shape index (κ1) is 21.4. The molecule has 6 nitrogen and oxygen atoms in total. The molecule has 0 aromatic heterocycles. The average molecular weight is 377 g/mol. The Kier molecular flexibility index (Phi) is 7.83. The summed E-state index contributed by atoms with van der Waals surface area (Å²) < 4.78 is 16.7. The van der Waals surface area contributed by atoms with Gasteiger partial charge in [0.2, 0.25) is 6.29 Å². The first-order chi connectivity index (χ1) is 12.8. The normalized spacial score (nSPS) is 20.0. The van der Waals surface area contributed by atoms with Crippen LogP contribution < -0.4 is 5.32 Å². The second-order valence-electron chi connectivity index (χ2n) is 7.82. The molecule has 0 bridgehead atoms. The molecule has 1 aromatic rings. The van der Waals surface area contributed by atoms with Crippen LogP contribution in [-0.4, -0.2) is 37.6 Å². The van der Waals surface area contributed by atoms with Gasteiger partial charge in [0.05, 0.1) is 19.8 Å². The van der Waals surface area contributed by atoms with Crippen LogP contribution in [0.25, 0.3) is 0 Å². The number of allylic oxidation sites excluding steroid dienone is 1. The molecule has 0 saturated heterocycles. The van der Waals surface area contributed by atoms with Gasteiger partial charge >= 0.3 is 0 Å². The van der Waals surface area contributed by atoms with Gasteiger partial charge in [-0.3, -0.25) is 4.79 Å². The molecule has 0 fully saturated rings. The number of nitrogens with one attached hydrogen (secondary N) is 1. The van der Waals surface area contributed by atoms with Crippen LogP contribution in [-0.2, 0) is 32.2 Å². The van der Waals surface area contributed by atoms with Crippen molar-refractivity contribution in [3.8, 4) is 0 Å². The largest absolute Gasteiger partial charge is 0.459 e. The number of aliphatic hydroxyl groups excluding tert-OH is 1. The fraction of sp³-hybridized carbons (Fsp3) is 0.571. The third-order valence-electron chi connectivity index (χ3n) is 4.63. The Morgan fingerprint density at radius 2 is 1.93 bits per heavy atom. The number of carbonyl (C=O) groups excluding carboxylic acids is 1. The van der Waals surface area contributed by atoms with Crippen molar-refractivity contribution in [3.63, 3.8) is 0 Å². The zero-order chi connectivity index (χ0) is 19.9. The molecule has 0 radical (unpaired) electrons. The van der Waals surface area contributed by atoms with Crippen LogP contribution in [0.2, 0.25) is 0 Å². The number of rotatable bonds is 8. The predicted molar refractivity (Wildman–Crippen MR) is 103 cm³/mol. The van der Waals surface area contributed by atoms with Crippen molar-refractivity contribution in [2.45, 2.75) is 46.7 Å². The van der Waals surface area contributed by atoms with Crippen molar-refractivity contribution in [1.82, 2.24) is 5.32 Å². The number of benzene rings is 1. The SMILES string of the molecule is COCCNC(=O)C1=C[C@H](C(C)(C)C)C[C@H](OCc2ccc(CO)cc2)O1. The molecule has 1 heterocycles. The van der Waals surface area contributed by atoms with E-state index < -0.39 is 6.29 Å². The highest BCUT2D eigenvalue weighted by Crippen LogP contribution is 2.36. The van der Waals surface area contributed by atoms with E-state index in [1.54, 1.807) is 7.11 Å². The highest BCUT2D eigenvalue weighted by atomic mass is 16.7. The summed E-state index contributed by atoms with van der Waals surface area (Å²) in [6, 6.07) is 7.58. The van der Waals surface area contributed by atoms with E-state index >= 15 is 0 Å². The lowest BCUT2D eigenvalue weighted by atomic mass is 9.77. The lowest BCUT2D eigenvalue weighted by Gasteiger charge is -2.35. The van der Waals surface area contributed by atoms with Crippen molar-refractivity contribution < 1.29 is 24.1 Å². The molecular formula is C21H31NO5. The standard InChI is InChI=1S/C21H31NO5/c1-21(2,3)17-11-18(20(24)22-9-10-25-4)27-19(12-17)26-14-16-7-5-15(13-23)6-8-16/h5-8,11,17,19,23H,9-10,12-14H2,1-4H3,(H,22,24)/t17-,19+/m0/s1. The quantitative estimate of drug-likeness (QED) is 0.681. The van der Waals surface area contributed by atoms with Gasteiger partial charge in [0, 0.05) is 20.1 Å². The summed E-state index contributed by atoms with van der Waals surface area (Å²) in [5, 5.41) is 11.9. The minimum absolute atomic E-state index is 0.00771. The van der Waals surface area contributed by atoms with E-state index in [4.69, 9.17) is 19.3 Å². The Morgan fingerprint density at radius 1 is 1.26 bits per heavy atom. The molecule has 0 aliphatic carbocycles. The number of aliphatic hydroxyl groups is 1. The molecule has 0 unspecified atom stereocenters. The molecule has 6 heteroatoms. The maximum Gasteiger partial charge on any atom is 0.286 e. The number of amides is 1. The van der Waals surface area contributed by atoms with Crippen molar-refractivity contribution >= 4 is 5.91 Å². The Labute approximate surface area is 161 Å². The van der Waals surface area contributed by atoms with Gasteiger partial charge in [-0.2, -0.15) is 0 Å². The highest BCUT2D eigenvalue weighted by molar-refractivity contribution is 5.91. The van der Waals surface area contributed by atoms with E-state index in [9.17, 15) is 4.79 Å². The van der Waals surface area contributed by atoms with Crippen LogP contribution in [0.5, 0.6) is 0 Å². The second kappa shape index (κ2) is 9.88. The zero-order valence-electron chi connectivity index (χ0n) is 16.7. The van der Waals surface area contributed by atoms with Crippen LogP contribution in [0.1, 0.15) is 38.3 Å². The molecule has 27 heavy (non-hydrogen) atoms. The number of methoxy groups -OCH3 is 1. The van der Waals surface area contributed by atoms with Crippen molar-refractivity contribution in [2.75, 3.05) is 20.3 Å². The summed E-state index contributed by atoms with van der Waals surface area (Å²) in [7, 11) is 1.59. The number of hydrogen-bond donors (Lipinski definition) is 2. The van der Waals surface area contributed by atoms with Gasteiger partial charge in [-0.05, 0) is 28.5 Å². The smallest absolute Gasteiger partial charge is 0.286 e. The highest BCUT2D eigenvalue weighted by Gasteiger charge is 2.34. The summed E-state index contributed by atoms with van der Waals surface area (Å²) >= 11 is 0. The Hall–Kier alpha value is -1.89. The van der Waals surface area contributed by atoms with Crippen LogP contribution in [0.3, 0.4) is 0 Å². The molecular weight excluding hydrogens is 346 g/mol. The Bertz CT molecular complexity index is 633. The van der Waals surface area contributed by atoms with Gasteiger partial charge in [0.15, 0.2) is 5.76 Å². The number of hydrogen-bond acceptors (Lipinski definition) is 5. The third-order valence-corrected chi connectivity index (χ3v) is 4.63. The first-order valence-electron chi connectivity index (χ1n) is 9.29. The van der Waals surface area contributed by atoms with E-state index in [1.165, 1.54) is 0 Å². The van der Waals surface area contributed by atoms with Gasteiger partial charge in [0.25, 0.3) is 5.91 Å². The molecule has 150 valence electrons. The lowest BCUT2D eigenvalue weighted by molar-refractivity contribution is -0.157. The van der Waals surface area contributed by atoms with Crippen LogP contribution in [0.4, 0.5) is 0 Å². The van der Waals surface area contributed by atoms with Gasteiger partial charge in [-0.25, -0.2) is 0 Å². The number of carbonyl (C=O) groups is 1. The fourth-order valence-corrected chi connectivity index (χ4v) is 2.81. The fourth-order valence-electron chi connectivity index (χ4n) is 2.81. The van der Waals surface area contributed by atoms with E-state index in [-0.39, 0.29) is 23.8 Å². The van der Waals surface area contributed by atoms with Crippen molar-refractivity contribution in [3.05, 3.63) is 47.2 Å². The summed E-state index contributed by atoms with van der Waals surface area (Å²) in [6.45, 7) is 7.71. The van der Waals surface area contributed by atoms with E-state index in [1.807, 2.05) is 30.3 Å². The molecule has 2 rings (SSSR count). The average Bonchev–Trinajstić information content (AvgIpc) is 2.66. The Morgan fingerprint density at radius 3 is 2.52 bits per heavy atom.